The molecule has 0 aliphatic carbocycles. The lowest BCUT2D eigenvalue weighted by atomic mass is 10.1. The second kappa shape index (κ2) is 4.20. The molecule has 1 aromatic heterocycles. The molecule has 0 bridgehead atoms. The van der Waals surface area contributed by atoms with Gasteiger partial charge in [0.2, 0.25) is 5.84 Å². The van der Waals surface area contributed by atoms with E-state index in [9.17, 15) is 0 Å². The predicted octanol–water partition coefficient (Wildman–Crippen LogP) is 0.759. The highest BCUT2D eigenvalue weighted by Crippen LogP contribution is 2.19. The number of amidine groups is 1. The summed E-state index contributed by atoms with van der Waals surface area (Å²) in [5, 5.41) is 11.3. The molecule has 1 saturated heterocycles. The molecule has 1 aliphatic rings. The number of nitrogens with zero attached hydrogens (tertiary/aromatic N) is 3. The van der Waals surface area contributed by atoms with E-state index >= 15 is 0 Å². The van der Waals surface area contributed by atoms with Gasteiger partial charge in [0.05, 0.1) is 6.20 Å². The van der Waals surface area contributed by atoms with Gasteiger partial charge in [0, 0.05) is 13.1 Å². The summed E-state index contributed by atoms with van der Waals surface area (Å²) in [5.41, 5.74) is 5.38. The zero-order valence-corrected chi connectivity index (χ0v) is 8.39. The van der Waals surface area contributed by atoms with Gasteiger partial charge in [-0.25, -0.2) is 4.98 Å². The molecular formula is C9H14N4O2. The van der Waals surface area contributed by atoms with Crippen LogP contribution in [0.4, 0.5) is 6.01 Å². The smallest absolute Gasteiger partial charge is 0.297 e. The number of oxime groups is 1. The van der Waals surface area contributed by atoms with Crippen LogP contribution in [-0.4, -0.2) is 29.1 Å². The monoisotopic (exact) mass is 210 g/mol. The molecule has 1 aliphatic heterocycles. The first kappa shape index (κ1) is 9.82. The number of nitrogens with two attached hydrogens (primary N) is 1. The minimum atomic E-state index is -0.0502. The second-order valence-electron chi connectivity index (χ2n) is 3.54. The first-order chi connectivity index (χ1) is 7.31. The van der Waals surface area contributed by atoms with Crippen LogP contribution in [-0.2, 0) is 0 Å². The van der Waals surface area contributed by atoms with Crippen LogP contribution in [0.5, 0.6) is 0 Å². The highest BCUT2D eigenvalue weighted by Gasteiger charge is 2.16. The van der Waals surface area contributed by atoms with Gasteiger partial charge < -0.3 is 20.3 Å². The fourth-order valence-electron chi connectivity index (χ4n) is 1.66. The van der Waals surface area contributed by atoms with Crippen molar-refractivity contribution >= 4 is 11.9 Å². The first-order valence-electron chi connectivity index (χ1n) is 5.00. The van der Waals surface area contributed by atoms with Crippen LogP contribution < -0.4 is 10.6 Å². The van der Waals surface area contributed by atoms with Crippen molar-refractivity contribution in [2.24, 2.45) is 10.9 Å². The molecule has 6 nitrogen and oxygen atoms in total. The average molecular weight is 210 g/mol. The maximum absolute atomic E-state index is 8.47. The summed E-state index contributed by atoms with van der Waals surface area (Å²) in [5.74, 6) is 0.254. The lowest BCUT2D eigenvalue weighted by molar-refractivity contribution is 0.317. The summed E-state index contributed by atoms with van der Waals surface area (Å²) in [7, 11) is 0. The fourth-order valence-corrected chi connectivity index (χ4v) is 1.66. The molecule has 0 saturated carbocycles. The van der Waals surface area contributed by atoms with Crippen LogP contribution in [0.1, 0.15) is 25.0 Å². The van der Waals surface area contributed by atoms with Gasteiger partial charge in [0.15, 0.2) is 5.76 Å². The Bertz CT molecular complexity index is 355. The van der Waals surface area contributed by atoms with Crippen molar-refractivity contribution in [3.63, 3.8) is 0 Å². The third-order valence-electron chi connectivity index (χ3n) is 2.48. The fraction of sp³-hybridized carbons (Fsp3) is 0.556. The van der Waals surface area contributed by atoms with Crippen LogP contribution in [0.25, 0.3) is 0 Å². The van der Waals surface area contributed by atoms with E-state index in [2.05, 4.69) is 15.0 Å². The molecule has 3 N–H and O–H groups in total. The molecule has 0 aromatic carbocycles. The van der Waals surface area contributed by atoms with E-state index < -0.39 is 0 Å². The zero-order valence-electron chi connectivity index (χ0n) is 8.39. The Labute approximate surface area is 87.4 Å². The van der Waals surface area contributed by atoms with Gasteiger partial charge in [-0.2, -0.15) is 0 Å². The minimum absolute atomic E-state index is 0.0502. The van der Waals surface area contributed by atoms with Gasteiger partial charge >= 0.3 is 0 Å². The molecule has 0 unspecified atom stereocenters. The van der Waals surface area contributed by atoms with E-state index in [0.717, 1.165) is 25.9 Å². The predicted molar refractivity (Wildman–Crippen MR) is 55.1 cm³/mol. The molecule has 6 heteroatoms. The molecular weight excluding hydrogens is 196 g/mol. The summed E-state index contributed by atoms with van der Waals surface area (Å²) < 4.78 is 5.37. The van der Waals surface area contributed by atoms with E-state index in [1.807, 2.05) is 0 Å². The van der Waals surface area contributed by atoms with Crippen molar-refractivity contribution in [3.8, 4) is 0 Å². The summed E-state index contributed by atoms with van der Waals surface area (Å²) >= 11 is 0. The Morgan fingerprint density at radius 3 is 2.87 bits per heavy atom. The highest BCUT2D eigenvalue weighted by atomic mass is 16.4. The molecule has 2 heterocycles. The lowest BCUT2D eigenvalue weighted by Crippen LogP contribution is -2.29. The summed E-state index contributed by atoms with van der Waals surface area (Å²) in [4.78, 5) is 6.16. The van der Waals surface area contributed by atoms with Crippen molar-refractivity contribution in [2.75, 3.05) is 18.0 Å². The number of piperidine rings is 1. The van der Waals surface area contributed by atoms with Gasteiger partial charge in [-0.1, -0.05) is 5.16 Å². The van der Waals surface area contributed by atoms with E-state index in [0.29, 0.717) is 11.8 Å². The molecule has 0 amide bonds. The van der Waals surface area contributed by atoms with Crippen LogP contribution in [0, 0.1) is 0 Å². The molecule has 2 rings (SSSR count). The standard InChI is InChI=1S/C9H14N4O2/c10-8(12-14)7-6-11-9(15-7)13-4-2-1-3-5-13/h6,14H,1-5H2,(H2,10,12). The van der Waals surface area contributed by atoms with Crippen molar-refractivity contribution in [1.29, 1.82) is 0 Å². The SMILES string of the molecule is N/C(=N/O)c1cnc(N2CCCCC2)o1. The van der Waals surface area contributed by atoms with Crippen molar-refractivity contribution in [2.45, 2.75) is 19.3 Å². The van der Waals surface area contributed by atoms with Crippen LogP contribution >= 0.6 is 0 Å². The van der Waals surface area contributed by atoms with Gasteiger partial charge in [-0.15, -0.1) is 0 Å². The maximum Gasteiger partial charge on any atom is 0.297 e. The molecule has 1 fully saturated rings. The van der Waals surface area contributed by atoms with Crippen molar-refractivity contribution in [1.82, 2.24) is 4.98 Å². The zero-order chi connectivity index (χ0) is 10.7. The Kier molecular flexibility index (Phi) is 2.75. The largest absolute Gasteiger partial charge is 0.420 e. The number of hydrogen-bond acceptors (Lipinski definition) is 5. The molecule has 0 radical (unpaired) electrons. The molecule has 0 atom stereocenters. The highest BCUT2D eigenvalue weighted by molar-refractivity contribution is 5.94. The van der Waals surface area contributed by atoms with Crippen molar-refractivity contribution in [3.05, 3.63) is 12.0 Å². The van der Waals surface area contributed by atoms with E-state index in [1.54, 1.807) is 0 Å². The third kappa shape index (κ3) is 2.03. The van der Waals surface area contributed by atoms with Gasteiger partial charge in [-0.3, -0.25) is 0 Å². The van der Waals surface area contributed by atoms with Crippen LogP contribution in [0.2, 0.25) is 0 Å². The Morgan fingerprint density at radius 2 is 2.20 bits per heavy atom. The van der Waals surface area contributed by atoms with Crippen molar-refractivity contribution < 1.29 is 9.62 Å². The van der Waals surface area contributed by atoms with E-state index in [1.165, 1.54) is 12.6 Å². The van der Waals surface area contributed by atoms with Gasteiger partial charge in [0.25, 0.3) is 6.01 Å². The van der Waals surface area contributed by atoms with E-state index in [-0.39, 0.29) is 5.84 Å². The molecule has 0 spiro atoms. The number of anilines is 1. The number of hydrogen-bond donors (Lipinski definition) is 2. The number of oxazole rings is 1. The normalized spacial score (nSPS) is 18.1. The van der Waals surface area contributed by atoms with Crippen LogP contribution in [0.15, 0.2) is 15.8 Å². The average Bonchev–Trinajstić information content (AvgIpc) is 2.78. The third-order valence-corrected chi connectivity index (χ3v) is 2.48. The second-order valence-corrected chi connectivity index (χ2v) is 3.54. The number of rotatable bonds is 2. The Hall–Kier alpha value is -1.72. The molecule has 1 aromatic rings. The topological polar surface area (TPSA) is 87.9 Å². The Balaban J connectivity index is 2.12. The maximum atomic E-state index is 8.47. The Morgan fingerprint density at radius 1 is 1.47 bits per heavy atom. The van der Waals surface area contributed by atoms with E-state index in [4.69, 9.17) is 15.4 Å². The van der Waals surface area contributed by atoms with Gasteiger partial charge in [0.1, 0.15) is 0 Å². The quantitative estimate of drug-likeness (QED) is 0.325. The number of aromatic nitrogens is 1. The summed E-state index contributed by atoms with van der Waals surface area (Å²) in [6.07, 6.45) is 5.03. The lowest BCUT2D eigenvalue weighted by Gasteiger charge is -2.24. The molecule has 82 valence electrons. The first-order valence-corrected chi connectivity index (χ1v) is 5.00. The summed E-state index contributed by atoms with van der Waals surface area (Å²) in [6.45, 7) is 1.91. The summed E-state index contributed by atoms with van der Waals surface area (Å²) in [6, 6.07) is 0.552. The van der Waals surface area contributed by atoms with Crippen LogP contribution in [0.3, 0.4) is 0 Å². The molecule has 15 heavy (non-hydrogen) atoms. The minimum Gasteiger partial charge on any atom is -0.420 e. The van der Waals surface area contributed by atoms with Gasteiger partial charge in [-0.05, 0) is 19.3 Å².